The molecule has 22 heavy (non-hydrogen) atoms. The molecule has 1 aliphatic rings. The Morgan fingerprint density at radius 3 is 2.50 bits per heavy atom. The first-order valence-electron chi connectivity index (χ1n) is 7.69. The van der Waals surface area contributed by atoms with Crippen LogP contribution >= 0.6 is 0 Å². The van der Waals surface area contributed by atoms with Crippen molar-refractivity contribution in [3.8, 4) is 0 Å². The molecule has 0 radical (unpaired) electrons. The lowest BCUT2D eigenvalue weighted by atomic mass is 9.91. The van der Waals surface area contributed by atoms with Crippen LogP contribution in [0.5, 0.6) is 0 Å². The number of piperidine rings is 1. The van der Waals surface area contributed by atoms with Crippen LogP contribution in [0.2, 0.25) is 0 Å². The first kappa shape index (κ1) is 16.5. The smallest absolute Gasteiger partial charge is 0.308 e. The molecule has 7 heteroatoms. The molecule has 0 aromatic carbocycles. The summed E-state index contributed by atoms with van der Waals surface area (Å²) in [6, 6.07) is 0. The first-order chi connectivity index (χ1) is 10.3. The number of nitrogens with zero attached hydrogens (tertiary/aromatic N) is 5. The number of hydrogen-bond donors (Lipinski definition) is 1. The molecule has 0 aliphatic carbocycles. The van der Waals surface area contributed by atoms with Crippen LogP contribution in [-0.2, 0) is 4.79 Å². The maximum Gasteiger partial charge on any atom is 0.308 e. The molecule has 7 nitrogen and oxygen atoms in total. The molecule has 1 aromatic rings. The summed E-state index contributed by atoms with van der Waals surface area (Å²) in [5.41, 5.74) is 0. The van der Waals surface area contributed by atoms with Crippen LogP contribution in [-0.4, -0.2) is 53.2 Å². The molecule has 1 fully saturated rings. The second-order valence-electron chi connectivity index (χ2n) is 6.62. The van der Waals surface area contributed by atoms with Crippen molar-refractivity contribution in [2.45, 2.75) is 33.1 Å². The van der Waals surface area contributed by atoms with Gasteiger partial charge in [0.05, 0.1) is 5.92 Å². The third-order valence-corrected chi connectivity index (χ3v) is 3.84. The molecule has 1 aliphatic heterocycles. The van der Waals surface area contributed by atoms with Gasteiger partial charge in [-0.05, 0) is 12.3 Å². The summed E-state index contributed by atoms with van der Waals surface area (Å²) in [5, 5.41) is 9.32. The van der Waals surface area contributed by atoms with Crippen molar-refractivity contribution < 1.29 is 9.90 Å². The van der Waals surface area contributed by atoms with Gasteiger partial charge in [0.2, 0.25) is 11.9 Å². The summed E-state index contributed by atoms with van der Waals surface area (Å²) in [5.74, 6) is 1.31. The summed E-state index contributed by atoms with van der Waals surface area (Å²) in [7, 11) is 3.78. The minimum atomic E-state index is -0.748. The van der Waals surface area contributed by atoms with E-state index in [4.69, 9.17) is 0 Å². The van der Waals surface area contributed by atoms with Gasteiger partial charge in [-0.25, -0.2) is 0 Å². The molecule has 122 valence electrons. The highest BCUT2D eigenvalue weighted by molar-refractivity contribution is 5.71. The van der Waals surface area contributed by atoms with Crippen molar-refractivity contribution in [2.75, 3.05) is 37.0 Å². The van der Waals surface area contributed by atoms with Crippen molar-refractivity contribution in [1.29, 1.82) is 0 Å². The predicted molar refractivity (Wildman–Crippen MR) is 85.4 cm³/mol. The highest BCUT2D eigenvalue weighted by atomic mass is 16.4. The van der Waals surface area contributed by atoms with Gasteiger partial charge in [0.1, 0.15) is 5.82 Å². The summed E-state index contributed by atoms with van der Waals surface area (Å²) >= 11 is 0. The normalized spacial score (nSPS) is 22.0. The Labute approximate surface area is 131 Å². The SMILES string of the molecule is CC1CC(C(=O)O)CN(c2nc(C(C)C)nc(N(C)C)n2)C1. The molecular weight excluding hydrogens is 282 g/mol. The van der Waals surface area contributed by atoms with E-state index in [0.717, 1.165) is 12.4 Å². The van der Waals surface area contributed by atoms with E-state index in [0.29, 0.717) is 30.8 Å². The molecule has 2 rings (SSSR count). The number of anilines is 2. The number of aliphatic carboxylic acids is 1. The van der Waals surface area contributed by atoms with Crippen LogP contribution in [0.3, 0.4) is 0 Å². The van der Waals surface area contributed by atoms with E-state index in [1.807, 2.05) is 37.7 Å². The lowest BCUT2D eigenvalue weighted by Crippen LogP contribution is -2.43. The van der Waals surface area contributed by atoms with Crippen LogP contribution in [0.1, 0.15) is 38.9 Å². The van der Waals surface area contributed by atoms with Crippen LogP contribution in [0, 0.1) is 11.8 Å². The lowest BCUT2D eigenvalue weighted by molar-refractivity contribution is -0.142. The van der Waals surface area contributed by atoms with Gasteiger partial charge in [-0.3, -0.25) is 4.79 Å². The third kappa shape index (κ3) is 3.64. The van der Waals surface area contributed by atoms with E-state index in [2.05, 4.69) is 21.9 Å². The van der Waals surface area contributed by atoms with Gasteiger partial charge in [0.15, 0.2) is 0 Å². The Morgan fingerprint density at radius 2 is 1.95 bits per heavy atom. The van der Waals surface area contributed by atoms with Gasteiger partial charge in [0.25, 0.3) is 0 Å². The molecule has 0 amide bonds. The fourth-order valence-corrected chi connectivity index (χ4v) is 2.66. The monoisotopic (exact) mass is 307 g/mol. The largest absolute Gasteiger partial charge is 0.481 e. The number of carboxylic acids is 1. The van der Waals surface area contributed by atoms with E-state index in [1.165, 1.54) is 0 Å². The van der Waals surface area contributed by atoms with Crippen molar-refractivity contribution in [2.24, 2.45) is 11.8 Å². The second kappa shape index (κ2) is 6.46. The first-order valence-corrected chi connectivity index (χ1v) is 7.69. The Bertz CT molecular complexity index is 520. The van der Waals surface area contributed by atoms with Gasteiger partial charge >= 0.3 is 5.97 Å². The summed E-state index contributed by atoms with van der Waals surface area (Å²) in [6.45, 7) is 7.38. The van der Waals surface area contributed by atoms with Crippen molar-refractivity contribution in [3.05, 3.63) is 5.82 Å². The zero-order chi connectivity index (χ0) is 16.4. The van der Waals surface area contributed by atoms with Gasteiger partial charge in [-0.1, -0.05) is 20.8 Å². The minimum Gasteiger partial charge on any atom is -0.481 e. The quantitative estimate of drug-likeness (QED) is 0.904. The molecule has 0 spiro atoms. The summed E-state index contributed by atoms with van der Waals surface area (Å²) < 4.78 is 0. The summed E-state index contributed by atoms with van der Waals surface area (Å²) in [6.07, 6.45) is 0.703. The number of hydrogen-bond acceptors (Lipinski definition) is 6. The topological polar surface area (TPSA) is 82.4 Å². The summed E-state index contributed by atoms with van der Waals surface area (Å²) in [4.78, 5) is 28.7. The van der Waals surface area contributed by atoms with Crippen LogP contribution in [0.25, 0.3) is 0 Å². The molecule has 2 heterocycles. The lowest BCUT2D eigenvalue weighted by Gasteiger charge is -2.35. The van der Waals surface area contributed by atoms with Gasteiger partial charge in [-0.2, -0.15) is 15.0 Å². The Hall–Kier alpha value is -1.92. The van der Waals surface area contributed by atoms with Gasteiger partial charge in [-0.15, -0.1) is 0 Å². The number of carboxylic acid groups (broad SMARTS) is 1. The van der Waals surface area contributed by atoms with E-state index in [1.54, 1.807) is 0 Å². The average molecular weight is 307 g/mol. The maximum absolute atomic E-state index is 11.3. The number of aromatic nitrogens is 3. The van der Waals surface area contributed by atoms with Crippen LogP contribution in [0.4, 0.5) is 11.9 Å². The highest BCUT2D eigenvalue weighted by Crippen LogP contribution is 2.26. The van der Waals surface area contributed by atoms with Gasteiger partial charge < -0.3 is 14.9 Å². The third-order valence-electron chi connectivity index (χ3n) is 3.84. The molecule has 2 unspecified atom stereocenters. The molecule has 1 saturated heterocycles. The number of carbonyl (C=O) groups is 1. The van der Waals surface area contributed by atoms with Crippen molar-refractivity contribution >= 4 is 17.9 Å². The molecule has 2 atom stereocenters. The molecular formula is C15H25N5O2. The Balaban J connectivity index is 2.35. The van der Waals surface area contributed by atoms with E-state index in [-0.39, 0.29) is 11.8 Å². The van der Waals surface area contributed by atoms with E-state index in [9.17, 15) is 9.90 Å². The number of rotatable bonds is 4. The van der Waals surface area contributed by atoms with Crippen LogP contribution in [0.15, 0.2) is 0 Å². The predicted octanol–water partition coefficient (Wildman–Crippen LogP) is 1.61. The molecule has 1 N–H and O–H groups in total. The second-order valence-corrected chi connectivity index (χ2v) is 6.62. The highest BCUT2D eigenvalue weighted by Gasteiger charge is 2.31. The standard InChI is InChI=1S/C15H25N5O2/c1-9(2)12-16-14(19(4)5)18-15(17-12)20-7-10(3)6-11(8-20)13(21)22/h9-11H,6-8H2,1-5H3,(H,21,22). The molecule has 1 aromatic heterocycles. The Morgan fingerprint density at radius 1 is 1.27 bits per heavy atom. The minimum absolute atomic E-state index is 0.193. The maximum atomic E-state index is 11.3. The fraction of sp³-hybridized carbons (Fsp3) is 0.733. The zero-order valence-corrected chi connectivity index (χ0v) is 13.9. The Kier molecular flexibility index (Phi) is 4.83. The van der Waals surface area contributed by atoms with Crippen molar-refractivity contribution in [3.63, 3.8) is 0 Å². The molecule has 0 bridgehead atoms. The molecule has 0 saturated carbocycles. The van der Waals surface area contributed by atoms with Crippen molar-refractivity contribution in [1.82, 2.24) is 15.0 Å². The zero-order valence-electron chi connectivity index (χ0n) is 13.9. The van der Waals surface area contributed by atoms with E-state index < -0.39 is 5.97 Å². The fourth-order valence-electron chi connectivity index (χ4n) is 2.66. The van der Waals surface area contributed by atoms with Crippen LogP contribution < -0.4 is 9.80 Å². The van der Waals surface area contributed by atoms with E-state index >= 15 is 0 Å². The van der Waals surface area contributed by atoms with Gasteiger partial charge in [0, 0.05) is 33.1 Å². The average Bonchev–Trinajstić information content (AvgIpc) is 2.45.